The van der Waals surface area contributed by atoms with Crippen LogP contribution >= 0.6 is 0 Å². The summed E-state index contributed by atoms with van der Waals surface area (Å²) in [5.74, 6) is 0. The van der Waals surface area contributed by atoms with Gasteiger partial charge in [0.25, 0.3) is 5.56 Å². The van der Waals surface area contributed by atoms with E-state index >= 15 is 0 Å². The van der Waals surface area contributed by atoms with Crippen molar-refractivity contribution in [1.29, 1.82) is 0 Å². The van der Waals surface area contributed by atoms with Gasteiger partial charge in [-0.15, -0.1) is 0 Å². The fraction of sp³-hybridized carbons (Fsp3) is 0.571. The summed E-state index contributed by atoms with van der Waals surface area (Å²) >= 11 is 0. The molecular formula is C14H18N2O9. The number of carbonyl (C=O) groups is 2. The lowest BCUT2D eigenvalue weighted by Crippen LogP contribution is -2.33. The third-order valence-corrected chi connectivity index (χ3v) is 3.58. The molecule has 3 atom stereocenters. The van der Waals surface area contributed by atoms with Crippen molar-refractivity contribution in [3.63, 3.8) is 0 Å². The standard InChI is InChI=1S/C14H18N2O9/c1-7-5-16(12(18)15-11(7)17)10-4-8(25-14(20)22-3)9(24-10)6-23-13(19)21-2/h5,8-10H,4,6H2,1-3H3,(H,15,17,18)/t8?,9-,10-/m1/s1. The molecule has 0 saturated carbocycles. The summed E-state index contributed by atoms with van der Waals surface area (Å²) in [6, 6.07) is 0. The van der Waals surface area contributed by atoms with E-state index in [0.717, 1.165) is 14.2 Å². The minimum absolute atomic E-state index is 0.0929. The van der Waals surface area contributed by atoms with Crippen LogP contribution in [0.5, 0.6) is 0 Å². The van der Waals surface area contributed by atoms with E-state index < -0.39 is 42.0 Å². The van der Waals surface area contributed by atoms with Crippen LogP contribution in [0.1, 0.15) is 18.2 Å². The second-order valence-electron chi connectivity index (χ2n) is 5.22. The zero-order valence-electron chi connectivity index (χ0n) is 13.8. The van der Waals surface area contributed by atoms with Crippen LogP contribution in [0, 0.1) is 6.92 Å². The molecule has 1 aliphatic heterocycles. The van der Waals surface area contributed by atoms with Gasteiger partial charge in [-0.05, 0) is 6.92 Å². The number of aromatic amines is 1. The number of nitrogens with zero attached hydrogens (tertiary/aromatic N) is 1. The highest BCUT2D eigenvalue weighted by atomic mass is 16.7. The van der Waals surface area contributed by atoms with Gasteiger partial charge in [0.05, 0.1) is 14.2 Å². The second kappa shape index (κ2) is 7.83. The lowest BCUT2D eigenvalue weighted by Gasteiger charge is -2.17. The molecule has 0 aliphatic carbocycles. The van der Waals surface area contributed by atoms with E-state index in [2.05, 4.69) is 14.5 Å². The molecule has 11 nitrogen and oxygen atoms in total. The summed E-state index contributed by atoms with van der Waals surface area (Å²) in [6.45, 7) is 1.27. The van der Waals surface area contributed by atoms with Gasteiger partial charge in [-0.2, -0.15) is 0 Å². The van der Waals surface area contributed by atoms with Crippen LogP contribution in [-0.2, 0) is 23.7 Å². The average Bonchev–Trinajstić information content (AvgIpc) is 2.98. The number of aromatic nitrogens is 2. The lowest BCUT2D eigenvalue weighted by atomic mass is 10.2. The lowest BCUT2D eigenvalue weighted by molar-refractivity contribution is -0.0644. The van der Waals surface area contributed by atoms with Crippen molar-refractivity contribution in [3.05, 3.63) is 32.6 Å². The summed E-state index contributed by atoms with van der Waals surface area (Å²) in [5.41, 5.74) is -0.873. The molecule has 1 aromatic heterocycles. The van der Waals surface area contributed by atoms with E-state index in [-0.39, 0.29) is 13.0 Å². The van der Waals surface area contributed by atoms with Crippen molar-refractivity contribution < 1.29 is 33.3 Å². The molecule has 1 unspecified atom stereocenters. The predicted octanol–water partition coefficient (Wildman–Crippen LogP) is 0.0671. The normalized spacial score (nSPS) is 22.3. The predicted molar refractivity (Wildman–Crippen MR) is 80.2 cm³/mol. The Hall–Kier alpha value is -2.82. The van der Waals surface area contributed by atoms with Crippen LogP contribution in [0.3, 0.4) is 0 Å². The molecule has 2 rings (SSSR count). The summed E-state index contributed by atoms with van der Waals surface area (Å²) in [5, 5.41) is 0. The van der Waals surface area contributed by atoms with Crippen molar-refractivity contribution >= 4 is 12.3 Å². The van der Waals surface area contributed by atoms with E-state index in [9.17, 15) is 19.2 Å². The summed E-state index contributed by atoms with van der Waals surface area (Å²) in [6.07, 6.45) is -2.95. The maximum atomic E-state index is 12.0. The largest absolute Gasteiger partial charge is 0.508 e. The van der Waals surface area contributed by atoms with E-state index in [4.69, 9.17) is 14.2 Å². The van der Waals surface area contributed by atoms with Crippen LogP contribution < -0.4 is 11.2 Å². The van der Waals surface area contributed by atoms with Crippen molar-refractivity contribution in [2.24, 2.45) is 0 Å². The first-order chi connectivity index (χ1) is 11.8. The molecule has 0 spiro atoms. The summed E-state index contributed by atoms with van der Waals surface area (Å²) in [7, 11) is 2.29. The van der Waals surface area contributed by atoms with Gasteiger partial charge in [-0.1, -0.05) is 0 Å². The van der Waals surface area contributed by atoms with Gasteiger partial charge in [0, 0.05) is 18.2 Å². The molecule has 25 heavy (non-hydrogen) atoms. The number of ether oxygens (including phenoxy) is 5. The molecule has 1 saturated heterocycles. The smallest absolute Gasteiger partial charge is 0.438 e. The quantitative estimate of drug-likeness (QED) is 0.741. The molecule has 0 aromatic carbocycles. The average molecular weight is 358 g/mol. The Morgan fingerprint density at radius 2 is 1.96 bits per heavy atom. The van der Waals surface area contributed by atoms with Crippen LogP contribution in [0.15, 0.2) is 15.8 Å². The van der Waals surface area contributed by atoms with Gasteiger partial charge in [0.1, 0.15) is 25.0 Å². The van der Waals surface area contributed by atoms with Crippen molar-refractivity contribution in [3.8, 4) is 0 Å². The minimum Gasteiger partial charge on any atom is -0.438 e. The van der Waals surface area contributed by atoms with Crippen LogP contribution in [0.25, 0.3) is 0 Å². The van der Waals surface area contributed by atoms with Crippen LogP contribution in [0.2, 0.25) is 0 Å². The molecular weight excluding hydrogens is 340 g/mol. The summed E-state index contributed by atoms with van der Waals surface area (Å²) in [4.78, 5) is 48.1. The number of nitrogens with one attached hydrogen (secondary N) is 1. The molecule has 11 heteroatoms. The van der Waals surface area contributed by atoms with Gasteiger partial charge in [0.2, 0.25) is 0 Å². The van der Waals surface area contributed by atoms with Gasteiger partial charge < -0.3 is 23.7 Å². The highest BCUT2D eigenvalue weighted by Crippen LogP contribution is 2.30. The molecule has 0 bridgehead atoms. The van der Waals surface area contributed by atoms with Gasteiger partial charge in [-0.3, -0.25) is 14.3 Å². The third-order valence-electron chi connectivity index (χ3n) is 3.58. The van der Waals surface area contributed by atoms with E-state index in [1.165, 1.54) is 17.7 Å². The second-order valence-corrected chi connectivity index (χ2v) is 5.22. The number of hydrogen-bond donors (Lipinski definition) is 1. The highest BCUT2D eigenvalue weighted by molar-refractivity contribution is 5.60. The molecule has 1 N–H and O–H groups in total. The number of H-pyrrole nitrogens is 1. The van der Waals surface area contributed by atoms with Crippen molar-refractivity contribution in [2.75, 3.05) is 20.8 Å². The fourth-order valence-electron chi connectivity index (χ4n) is 2.33. The van der Waals surface area contributed by atoms with E-state index in [1.807, 2.05) is 0 Å². The van der Waals surface area contributed by atoms with E-state index in [1.54, 1.807) is 0 Å². The Bertz CT molecular complexity index is 753. The molecule has 138 valence electrons. The Morgan fingerprint density at radius 3 is 2.60 bits per heavy atom. The zero-order valence-corrected chi connectivity index (χ0v) is 13.8. The molecule has 2 heterocycles. The van der Waals surface area contributed by atoms with Gasteiger partial charge >= 0.3 is 18.0 Å². The van der Waals surface area contributed by atoms with Crippen molar-refractivity contribution in [2.45, 2.75) is 31.8 Å². The number of aryl methyl sites for hydroxylation is 1. The topological polar surface area (TPSA) is 135 Å². The van der Waals surface area contributed by atoms with E-state index in [0.29, 0.717) is 5.56 Å². The first-order valence-electron chi connectivity index (χ1n) is 7.28. The number of hydrogen-bond acceptors (Lipinski definition) is 9. The highest BCUT2D eigenvalue weighted by Gasteiger charge is 2.40. The monoisotopic (exact) mass is 358 g/mol. The Balaban J connectivity index is 2.20. The molecule has 1 fully saturated rings. The van der Waals surface area contributed by atoms with Crippen LogP contribution in [0.4, 0.5) is 9.59 Å². The first kappa shape index (κ1) is 18.5. The summed E-state index contributed by atoms with van der Waals surface area (Å²) < 4.78 is 25.5. The van der Waals surface area contributed by atoms with Crippen LogP contribution in [-0.4, -0.2) is 54.9 Å². The molecule has 0 amide bonds. The number of methoxy groups -OCH3 is 2. The molecule has 1 aromatic rings. The molecule has 1 aliphatic rings. The molecule has 0 radical (unpaired) electrons. The van der Waals surface area contributed by atoms with Gasteiger partial charge in [-0.25, -0.2) is 14.4 Å². The Kier molecular flexibility index (Phi) is 5.80. The zero-order chi connectivity index (χ0) is 18.6. The number of carbonyl (C=O) groups excluding carboxylic acids is 2. The minimum atomic E-state index is -0.942. The fourth-order valence-corrected chi connectivity index (χ4v) is 2.33. The maximum absolute atomic E-state index is 12.0. The maximum Gasteiger partial charge on any atom is 0.508 e. The van der Waals surface area contributed by atoms with Crippen molar-refractivity contribution in [1.82, 2.24) is 9.55 Å². The Morgan fingerprint density at radius 1 is 1.28 bits per heavy atom. The van der Waals surface area contributed by atoms with Gasteiger partial charge in [0.15, 0.2) is 0 Å². The number of rotatable bonds is 4. The third kappa shape index (κ3) is 4.38. The first-order valence-corrected chi connectivity index (χ1v) is 7.28. The SMILES string of the molecule is COC(=O)OC[C@H]1O[C@@H](n2cc(C)c(=O)[nH]c2=O)CC1OC(=O)OC. The Labute approximate surface area is 141 Å².